The smallest absolute Gasteiger partial charge is 0.320 e. The van der Waals surface area contributed by atoms with E-state index in [2.05, 4.69) is 21.3 Å². The lowest BCUT2D eigenvalue weighted by Gasteiger charge is -2.10. The van der Waals surface area contributed by atoms with Gasteiger partial charge in [-0.05, 0) is 19.8 Å². The minimum atomic E-state index is -0.821. The first-order valence-electron chi connectivity index (χ1n) is 4.72. The van der Waals surface area contributed by atoms with Crippen molar-refractivity contribution in [3.63, 3.8) is 0 Å². The van der Waals surface area contributed by atoms with Crippen LogP contribution in [0.4, 0.5) is 0 Å². The second kappa shape index (κ2) is 7.86. The number of unbranched alkanes of at least 4 members (excludes halogenated alkanes) is 1. The van der Waals surface area contributed by atoms with E-state index >= 15 is 0 Å². The molecule has 0 aliphatic carbocycles. The Morgan fingerprint density at radius 3 is 2.13 bits per heavy atom. The van der Waals surface area contributed by atoms with Gasteiger partial charge in [-0.2, -0.15) is 0 Å². The molecule has 0 radical (unpaired) electrons. The number of carbonyl (C=O) groups is 2. The van der Waals surface area contributed by atoms with Crippen molar-refractivity contribution >= 4 is 11.9 Å². The zero-order chi connectivity index (χ0) is 11.7. The summed E-state index contributed by atoms with van der Waals surface area (Å²) in [6, 6.07) is 0. The lowest BCUT2D eigenvalue weighted by molar-refractivity contribution is -0.159. The van der Waals surface area contributed by atoms with E-state index in [0.29, 0.717) is 19.3 Å². The van der Waals surface area contributed by atoms with E-state index in [1.54, 1.807) is 6.92 Å². The van der Waals surface area contributed by atoms with E-state index in [1.807, 2.05) is 0 Å². The molecule has 15 heavy (non-hydrogen) atoms. The van der Waals surface area contributed by atoms with Gasteiger partial charge < -0.3 is 9.47 Å². The largest absolute Gasteiger partial charge is 0.468 e. The van der Waals surface area contributed by atoms with Gasteiger partial charge in [-0.15, -0.1) is 11.8 Å². The van der Waals surface area contributed by atoms with E-state index in [-0.39, 0.29) is 0 Å². The Bertz CT molecular complexity index is 256. The van der Waals surface area contributed by atoms with Gasteiger partial charge in [-0.3, -0.25) is 9.59 Å². The molecule has 0 aliphatic rings. The molecular formula is C11H16O4. The predicted molar refractivity (Wildman–Crippen MR) is 54.8 cm³/mol. The van der Waals surface area contributed by atoms with Crippen LogP contribution in [0.2, 0.25) is 0 Å². The van der Waals surface area contributed by atoms with Crippen molar-refractivity contribution in [2.45, 2.75) is 26.2 Å². The molecule has 0 aromatic carbocycles. The summed E-state index contributed by atoms with van der Waals surface area (Å²) in [5.74, 6) is 3.69. The van der Waals surface area contributed by atoms with Crippen molar-refractivity contribution in [3.8, 4) is 11.8 Å². The first kappa shape index (κ1) is 13.5. The lowest BCUT2D eigenvalue weighted by atomic mass is 10.0. The number of hydrogen-bond acceptors (Lipinski definition) is 4. The van der Waals surface area contributed by atoms with Crippen LogP contribution < -0.4 is 0 Å². The number of hydrogen-bond donors (Lipinski definition) is 0. The van der Waals surface area contributed by atoms with Crippen molar-refractivity contribution in [2.75, 3.05) is 14.2 Å². The van der Waals surface area contributed by atoms with Gasteiger partial charge in [-0.25, -0.2) is 0 Å². The van der Waals surface area contributed by atoms with Crippen LogP contribution in [0.5, 0.6) is 0 Å². The molecule has 0 saturated heterocycles. The van der Waals surface area contributed by atoms with Crippen LogP contribution in [-0.2, 0) is 19.1 Å². The summed E-state index contributed by atoms with van der Waals surface area (Å²) in [5, 5.41) is 0. The van der Waals surface area contributed by atoms with E-state index < -0.39 is 17.9 Å². The summed E-state index contributed by atoms with van der Waals surface area (Å²) in [5.41, 5.74) is 0. The molecule has 0 atom stereocenters. The molecule has 0 bridgehead atoms. The van der Waals surface area contributed by atoms with Gasteiger partial charge >= 0.3 is 11.9 Å². The third-order valence-corrected chi connectivity index (χ3v) is 1.94. The number of rotatable bonds is 5. The molecule has 0 aromatic heterocycles. The predicted octanol–water partition coefficient (Wildman–Crippen LogP) is 1.14. The third kappa shape index (κ3) is 5.06. The van der Waals surface area contributed by atoms with Crippen molar-refractivity contribution in [1.82, 2.24) is 0 Å². The zero-order valence-corrected chi connectivity index (χ0v) is 9.33. The van der Waals surface area contributed by atoms with Gasteiger partial charge in [0.1, 0.15) is 0 Å². The van der Waals surface area contributed by atoms with Gasteiger partial charge in [0.15, 0.2) is 5.92 Å². The minimum Gasteiger partial charge on any atom is -0.468 e. The first-order valence-corrected chi connectivity index (χ1v) is 4.72. The van der Waals surface area contributed by atoms with E-state index in [9.17, 15) is 9.59 Å². The van der Waals surface area contributed by atoms with Gasteiger partial charge in [0.05, 0.1) is 14.2 Å². The van der Waals surface area contributed by atoms with Crippen molar-refractivity contribution in [1.29, 1.82) is 0 Å². The highest BCUT2D eigenvalue weighted by Gasteiger charge is 2.27. The van der Waals surface area contributed by atoms with Gasteiger partial charge in [-0.1, -0.05) is 0 Å². The standard InChI is InChI=1S/C11H16O4/c1-4-5-6-7-8-9(10(12)14-2)11(13)15-3/h9H,6-8H2,1-3H3. The van der Waals surface area contributed by atoms with Crippen molar-refractivity contribution in [2.24, 2.45) is 5.92 Å². The van der Waals surface area contributed by atoms with E-state index in [1.165, 1.54) is 14.2 Å². The number of esters is 2. The fourth-order valence-electron chi connectivity index (χ4n) is 1.14. The zero-order valence-electron chi connectivity index (χ0n) is 9.33. The average molecular weight is 212 g/mol. The van der Waals surface area contributed by atoms with Crippen LogP contribution in [0.3, 0.4) is 0 Å². The molecular weight excluding hydrogens is 196 g/mol. The normalized spacial score (nSPS) is 9.07. The van der Waals surface area contributed by atoms with Crippen LogP contribution in [0.1, 0.15) is 26.2 Å². The minimum absolute atomic E-state index is 0.411. The second-order valence-corrected chi connectivity index (χ2v) is 2.92. The molecule has 0 amide bonds. The summed E-state index contributed by atoms with van der Waals surface area (Å²) in [6.45, 7) is 1.75. The number of methoxy groups -OCH3 is 2. The molecule has 0 N–H and O–H groups in total. The molecule has 0 heterocycles. The topological polar surface area (TPSA) is 52.6 Å². The van der Waals surface area contributed by atoms with Crippen LogP contribution in [0, 0.1) is 17.8 Å². The van der Waals surface area contributed by atoms with Crippen molar-refractivity contribution < 1.29 is 19.1 Å². The Kier molecular flexibility index (Phi) is 7.08. The second-order valence-electron chi connectivity index (χ2n) is 2.92. The molecule has 0 aromatic rings. The van der Waals surface area contributed by atoms with Crippen LogP contribution >= 0.6 is 0 Å². The highest BCUT2D eigenvalue weighted by atomic mass is 16.5. The summed E-state index contributed by atoms with van der Waals surface area (Å²) in [6.07, 6.45) is 1.75. The van der Waals surface area contributed by atoms with Gasteiger partial charge in [0.2, 0.25) is 0 Å². The number of ether oxygens (including phenoxy) is 2. The lowest BCUT2D eigenvalue weighted by Crippen LogP contribution is -2.26. The monoisotopic (exact) mass is 212 g/mol. The Balaban J connectivity index is 4.17. The first-order chi connectivity index (χ1) is 7.17. The van der Waals surface area contributed by atoms with Crippen LogP contribution in [0.25, 0.3) is 0 Å². The van der Waals surface area contributed by atoms with Gasteiger partial charge in [0.25, 0.3) is 0 Å². The molecule has 4 heteroatoms. The summed E-state index contributed by atoms with van der Waals surface area (Å²) in [7, 11) is 2.51. The Morgan fingerprint density at radius 2 is 1.73 bits per heavy atom. The fourth-order valence-corrected chi connectivity index (χ4v) is 1.14. The summed E-state index contributed by atoms with van der Waals surface area (Å²) in [4.78, 5) is 22.4. The Labute approximate surface area is 89.9 Å². The molecule has 84 valence electrons. The van der Waals surface area contributed by atoms with Crippen molar-refractivity contribution in [3.05, 3.63) is 0 Å². The molecule has 0 spiro atoms. The molecule has 0 saturated carbocycles. The SMILES string of the molecule is CC#CCCCC(C(=O)OC)C(=O)OC. The highest BCUT2D eigenvalue weighted by molar-refractivity contribution is 5.94. The molecule has 0 aliphatic heterocycles. The maximum absolute atomic E-state index is 11.2. The third-order valence-electron chi connectivity index (χ3n) is 1.94. The maximum atomic E-state index is 11.2. The fraction of sp³-hybridized carbons (Fsp3) is 0.636. The van der Waals surface area contributed by atoms with E-state index in [4.69, 9.17) is 0 Å². The molecule has 0 fully saturated rings. The van der Waals surface area contributed by atoms with E-state index in [0.717, 1.165) is 0 Å². The summed E-state index contributed by atoms with van der Waals surface area (Å²) >= 11 is 0. The molecule has 0 unspecified atom stereocenters. The molecule has 0 rings (SSSR count). The van der Waals surface area contributed by atoms with Gasteiger partial charge in [0, 0.05) is 6.42 Å². The Hall–Kier alpha value is -1.50. The Morgan fingerprint density at radius 1 is 1.20 bits per heavy atom. The number of carbonyl (C=O) groups excluding carboxylic acids is 2. The highest BCUT2D eigenvalue weighted by Crippen LogP contribution is 2.11. The molecule has 4 nitrogen and oxygen atoms in total. The average Bonchev–Trinajstić information content (AvgIpc) is 2.27. The quantitative estimate of drug-likeness (QED) is 0.297. The van der Waals surface area contributed by atoms with Crippen LogP contribution in [0.15, 0.2) is 0 Å². The summed E-state index contributed by atoms with van der Waals surface area (Å²) < 4.78 is 9.03. The maximum Gasteiger partial charge on any atom is 0.320 e. The van der Waals surface area contributed by atoms with Crippen LogP contribution in [-0.4, -0.2) is 26.2 Å².